The molecule has 3 nitrogen and oxygen atoms in total. The number of carbonyl (C=O) groups excluding carboxylic acids is 1. The predicted octanol–water partition coefficient (Wildman–Crippen LogP) is 3.87. The van der Waals surface area contributed by atoms with Crippen molar-refractivity contribution in [1.82, 2.24) is 9.80 Å². The molecule has 2 fully saturated rings. The van der Waals surface area contributed by atoms with Crippen LogP contribution in [0, 0.1) is 0 Å². The Morgan fingerprint density at radius 2 is 1.75 bits per heavy atom. The fourth-order valence-corrected chi connectivity index (χ4v) is 4.58. The van der Waals surface area contributed by atoms with E-state index in [-0.39, 0.29) is 0 Å². The molecule has 2 saturated heterocycles. The van der Waals surface area contributed by atoms with Crippen LogP contribution < -0.4 is 0 Å². The second-order valence-electron chi connectivity index (χ2n) is 7.72. The molecule has 0 saturated carbocycles. The van der Waals surface area contributed by atoms with Crippen LogP contribution in [0.1, 0.15) is 57.9 Å². The van der Waals surface area contributed by atoms with Gasteiger partial charge in [0.25, 0.3) is 0 Å². The zero-order valence-electron chi connectivity index (χ0n) is 15.3. The average Bonchev–Trinajstić information content (AvgIpc) is 3.01. The largest absolute Gasteiger partial charge is 0.336 e. The Morgan fingerprint density at radius 1 is 1.04 bits per heavy atom. The topological polar surface area (TPSA) is 23.6 Å². The second kappa shape index (κ2) is 8.15. The highest BCUT2D eigenvalue weighted by molar-refractivity contribution is 5.79. The summed E-state index contributed by atoms with van der Waals surface area (Å²) in [5, 5.41) is 0. The summed E-state index contributed by atoms with van der Waals surface area (Å²) in [5.41, 5.74) is 1.41. The quantitative estimate of drug-likeness (QED) is 0.819. The first-order valence-corrected chi connectivity index (χ1v) is 9.74. The van der Waals surface area contributed by atoms with E-state index < -0.39 is 0 Å². The molecule has 0 unspecified atom stereocenters. The molecule has 0 aromatic heterocycles. The number of benzene rings is 1. The zero-order valence-corrected chi connectivity index (χ0v) is 15.3. The van der Waals surface area contributed by atoms with Gasteiger partial charge in [-0.25, -0.2) is 0 Å². The molecule has 24 heavy (non-hydrogen) atoms. The van der Waals surface area contributed by atoms with Crippen molar-refractivity contribution in [1.29, 1.82) is 0 Å². The minimum Gasteiger partial charge on any atom is -0.336 e. The third-order valence-electron chi connectivity index (χ3n) is 5.93. The van der Waals surface area contributed by atoms with Gasteiger partial charge in [0.2, 0.25) is 5.91 Å². The van der Waals surface area contributed by atoms with Crippen molar-refractivity contribution in [3.8, 4) is 0 Å². The van der Waals surface area contributed by atoms with E-state index in [1.807, 2.05) is 0 Å². The van der Waals surface area contributed by atoms with Crippen LogP contribution in [-0.4, -0.2) is 46.9 Å². The highest BCUT2D eigenvalue weighted by Gasteiger charge is 2.32. The van der Waals surface area contributed by atoms with Gasteiger partial charge in [-0.15, -0.1) is 0 Å². The van der Waals surface area contributed by atoms with Crippen molar-refractivity contribution in [2.24, 2.45) is 0 Å². The maximum absolute atomic E-state index is 12.9. The lowest BCUT2D eigenvalue weighted by atomic mass is 9.97. The Bertz CT molecular complexity index is 520. The Morgan fingerprint density at radius 3 is 2.46 bits per heavy atom. The van der Waals surface area contributed by atoms with Crippen LogP contribution in [-0.2, 0) is 11.2 Å². The minimum atomic E-state index is 0.348. The van der Waals surface area contributed by atoms with Gasteiger partial charge in [0.15, 0.2) is 0 Å². The number of hydrogen-bond donors (Lipinski definition) is 0. The summed E-state index contributed by atoms with van der Waals surface area (Å²) in [6.45, 7) is 6.13. The fourth-order valence-electron chi connectivity index (χ4n) is 4.58. The smallest absolute Gasteiger partial charge is 0.237 e. The molecular formula is C21H32N2O. The first-order chi connectivity index (χ1) is 11.6. The van der Waals surface area contributed by atoms with Crippen LogP contribution >= 0.6 is 0 Å². The first-order valence-electron chi connectivity index (χ1n) is 9.74. The molecule has 3 rings (SSSR count). The van der Waals surface area contributed by atoms with E-state index in [1.54, 1.807) is 0 Å². The van der Waals surface area contributed by atoms with Crippen molar-refractivity contribution in [2.45, 2.75) is 76.9 Å². The van der Waals surface area contributed by atoms with Gasteiger partial charge in [0.1, 0.15) is 0 Å². The van der Waals surface area contributed by atoms with E-state index in [0.29, 0.717) is 30.6 Å². The van der Waals surface area contributed by atoms with Gasteiger partial charge in [-0.2, -0.15) is 0 Å². The number of hydrogen-bond acceptors (Lipinski definition) is 2. The van der Waals surface area contributed by atoms with Gasteiger partial charge in [0.05, 0.1) is 6.54 Å². The minimum absolute atomic E-state index is 0.348. The summed E-state index contributed by atoms with van der Waals surface area (Å²) in [6.07, 6.45) is 8.34. The third kappa shape index (κ3) is 4.18. The molecule has 0 spiro atoms. The van der Waals surface area contributed by atoms with Gasteiger partial charge in [0, 0.05) is 18.1 Å². The summed E-state index contributed by atoms with van der Waals surface area (Å²) in [7, 11) is 0. The van der Waals surface area contributed by atoms with E-state index in [1.165, 1.54) is 31.2 Å². The molecule has 0 bridgehead atoms. The number of rotatable bonds is 5. The maximum atomic E-state index is 12.9. The van der Waals surface area contributed by atoms with E-state index in [9.17, 15) is 4.79 Å². The number of piperidine rings is 1. The lowest BCUT2D eigenvalue weighted by Crippen LogP contribution is -2.51. The SMILES string of the molecule is C[C@@H]1CCC[C@@H](C)N1C(=O)CN1CCC[C@H]1CCc1ccccc1. The highest BCUT2D eigenvalue weighted by atomic mass is 16.2. The number of likely N-dealkylation sites (tertiary alicyclic amines) is 2. The molecule has 1 aromatic carbocycles. The number of amides is 1. The van der Waals surface area contributed by atoms with Crippen LogP contribution in [0.4, 0.5) is 0 Å². The Kier molecular flexibility index (Phi) is 5.94. The van der Waals surface area contributed by atoms with Crippen molar-refractivity contribution in [3.63, 3.8) is 0 Å². The summed E-state index contributed by atoms with van der Waals surface area (Å²) in [5.74, 6) is 0.348. The van der Waals surface area contributed by atoms with E-state index in [4.69, 9.17) is 0 Å². The second-order valence-corrected chi connectivity index (χ2v) is 7.72. The number of aryl methyl sites for hydroxylation is 1. The summed E-state index contributed by atoms with van der Waals surface area (Å²) < 4.78 is 0. The Balaban J connectivity index is 1.54. The molecule has 0 radical (unpaired) electrons. The fraction of sp³-hybridized carbons (Fsp3) is 0.667. The van der Waals surface area contributed by atoms with Crippen LogP contribution in [0.15, 0.2) is 30.3 Å². The van der Waals surface area contributed by atoms with Gasteiger partial charge in [-0.1, -0.05) is 30.3 Å². The number of nitrogens with zero attached hydrogens (tertiary/aromatic N) is 2. The molecule has 3 atom stereocenters. The van der Waals surface area contributed by atoms with E-state index in [0.717, 1.165) is 25.8 Å². The molecule has 1 aromatic rings. The van der Waals surface area contributed by atoms with E-state index >= 15 is 0 Å². The van der Waals surface area contributed by atoms with Crippen molar-refractivity contribution < 1.29 is 4.79 Å². The summed E-state index contributed by atoms with van der Waals surface area (Å²) in [6, 6.07) is 12.1. The van der Waals surface area contributed by atoms with Crippen molar-refractivity contribution in [2.75, 3.05) is 13.1 Å². The molecule has 1 amide bonds. The predicted molar refractivity (Wildman–Crippen MR) is 99.0 cm³/mol. The molecule has 2 heterocycles. The van der Waals surface area contributed by atoms with Gasteiger partial charge >= 0.3 is 0 Å². The molecule has 3 heteroatoms. The van der Waals surface area contributed by atoms with Crippen molar-refractivity contribution >= 4 is 5.91 Å². The Hall–Kier alpha value is -1.35. The van der Waals surface area contributed by atoms with Gasteiger partial charge in [-0.3, -0.25) is 9.69 Å². The van der Waals surface area contributed by atoms with Crippen LogP contribution in [0.25, 0.3) is 0 Å². The van der Waals surface area contributed by atoms with Crippen LogP contribution in [0.2, 0.25) is 0 Å². The van der Waals surface area contributed by atoms with Gasteiger partial charge in [-0.05, 0) is 70.9 Å². The monoisotopic (exact) mass is 328 g/mol. The van der Waals surface area contributed by atoms with Crippen LogP contribution in [0.5, 0.6) is 0 Å². The molecule has 0 N–H and O–H groups in total. The summed E-state index contributed by atoms with van der Waals surface area (Å²) in [4.78, 5) is 17.5. The molecule has 2 aliphatic heterocycles. The zero-order chi connectivity index (χ0) is 16.9. The van der Waals surface area contributed by atoms with Crippen LogP contribution in [0.3, 0.4) is 0 Å². The third-order valence-corrected chi connectivity index (χ3v) is 5.93. The standard InChI is InChI=1S/C21H32N2O/c1-17-8-6-9-18(2)23(17)21(24)16-22-15-7-12-20(22)14-13-19-10-4-3-5-11-19/h3-5,10-11,17-18,20H,6-9,12-16H2,1-2H3/t17-,18-,20+/m1/s1. The number of carbonyl (C=O) groups is 1. The normalized spacial score (nSPS) is 28.2. The first kappa shape index (κ1) is 17.5. The van der Waals surface area contributed by atoms with Crippen molar-refractivity contribution in [3.05, 3.63) is 35.9 Å². The molecule has 0 aliphatic carbocycles. The summed E-state index contributed by atoms with van der Waals surface area (Å²) >= 11 is 0. The molecular weight excluding hydrogens is 296 g/mol. The van der Waals surface area contributed by atoms with E-state index in [2.05, 4.69) is 54.0 Å². The lowest BCUT2D eigenvalue weighted by molar-refractivity contribution is -0.138. The van der Waals surface area contributed by atoms with Gasteiger partial charge < -0.3 is 4.90 Å². The average molecular weight is 328 g/mol. The highest BCUT2D eigenvalue weighted by Crippen LogP contribution is 2.25. The maximum Gasteiger partial charge on any atom is 0.237 e. The Labute approximate surface area is 147 Å². The lowest BCUT2D eigenvalue weighted by Gasteiger charge is -2.40. The molecule has 2 aliphatic rings. The molecule has 132 valence electrons.